The molecule has 4 heterocycles. The SMILES string of the molecule is Nc1cc(Cc2cnn(CC3CC4(CCNCC4)C3)c2)c2c(n1)NNN2. The van der Waals surface area contributed by atoms with Gasteiger partial charge in [0.05, 0.1) is 11.9 Å². The zero-order valence-electron chi connectivity index (χ0n) is 14.9. The standard InChI is InChI=1S/C18H26N8/c19-15-6-14(16-17(22-15)24-25-23-16)5-12-9-21-26(10-12)11-13-7-18(8-13)1-3-20-4-2-18/h6,9-10,13,20,23,25H,1-5,7-8,11H2,(H3,19,22,24). The van der Waals surface area contributed by atoms with Crippen molar-refractivity contribution in [2.24, 2.45) is 11.3 Å². The normalized spacial score (nSPS) is 21.1. The number of rotatable bonds is 4. The first-order valence-corrected chi connectivity index (χ1v) is 9.48. The molecule has 0 unspecified atom stereocenters. The fourth-order valence-corrected chi connectivity index (χ4v) is 4.88. The molecule has 8 heteroatoms. The van der Waals surface area contributed by atoms with E-state index in [2.05, 4.69) is 42.7 Å². The van der Waals surface area contributed by atoms with E-state index in [9.17, 15) is 0 Å². The minimum atomic E-state index is 0.519. The number of aromatic nitrogens is 3. The maximum atomic E-state index is 5.92. The highest BCUT2D eigenvalue weighted by Crippen LogP contribution is 2.52. The molecule has 8 nitrogen and oxygen atoms in total. The number of fused-ring (bicyclic) bond motifs is 1. The summed E-state index contributed by atoms with van der Waals surface area (Å²) in [6, 6.07) is 1.92. The van der Waals surface area contributed by atoms with E-state index in [1.54, 1.807) is 0 Å². The van der Waals surface area contributed by atoms with E-state index in [0.717, 1.165) is 36.0 Å². The molecule has 3 aliphatic rings. The van der Waals surface area contributed by atoms with E-state index in [1.807, 2.05) is 12.3 Å². The first-order chi connectivity index (χ1) is 12.7. The molecule has 138 valence electrons. The second kappa shape index (κ2) is 6.14. The average molecular weight is 354 g/mol. The molecule has 0 atom stereocenters. The van der Waals surface area contributed by atoms with Crippen LogP contribution in [0.15, 0.2) is 18.5 Å². The molecule has 1 aliphatic carbocycles. The van der Waals surface area contributed by atoms with Crippen LogP contribution in [0.4, 0.5) is 17.3 Å². The van der Waals surface area contributed by atoms with Gasteiger partial charge in [-0.15, -0.1) is 5.53 Å². The summed E-state index contributed by atoms with van der Waals surface area (Å²) in [5.41, 5.74) is 18.7. The number of nitrogens with two attached hydrogens (primary N) is 1. The van der Waals surface area contributed by atoms with E-state index < -0.39 is 0 Å². The Morgan fingerprint density at radius 1 is 1.23 bits per heavy atom. The van der Waals surface area contributed by atoms with Gasteiger partial charge in [0.2, 0.25) is 0 Å². The summed E-state index contributed by atoms with van der Waals surface area (Å²) in [5.74, 6) is 2.04. The zero-order valence-corrected chi connectivity index (χ0v) is 14.9. The van der Waals surface area contributed by atoms with Crippen molar-refractivity contribution in [3.8, 4) is 0 Å². The maximum Gasteiger partial charge on any atom is 0.169 e. The molecule has 6 N–H and O–H groups in total. The summed E-state index contributed by atoms with van der Waals surface area (Å²) in [7, 11) is 0. The molecule has 26 heavy (non-hydrogen) atoms. The van der Waals surface area contributed by atoms with Gasteiger partial charge in [-0.05, 0) is 67.3 Å². The quantitative estimate of drug-likeness (QED) is 0.566. The summed E-state index contributed by atoms with van der Waals surface area (Å²) >= 11 is 0. The van der Waals surface area contributed by atoms with Crippen LogP contribution in [-0.2, 0) is 13.0 Å². The van der Waals surface area contributed by atoms with E-state index in [0.29, 0.717) is 11.2 Å². The lowest BCUT2D eigenvalue weighted by molar-refractivity contribution is 0.0114. The van der Waals surface area contributed by atoms with Crippen molar-refractivity contribution in [3.63, 3.8) is 0 Å². The third-order valence-electron chi connectivity index (χ3n) is 6.12. The molecule has 2 fully saturated rings. The number of nitrogen functional groups attached to an aromatic ring is 1. The van der Waals surface area contributed by atoms with Crippen molar-refractivity contribution in [2.75, 3.05) is 29.7 Å². The Labute approximate surface area is 152 Å². The van der Waals surface area contributed by atoms with Gasteiger partial charge in [-0.1, -0.05) is 0 Å². The van der Waals surface area contributed by atoms with Gasteiger partial charge in [0.15, 0.2) is 5.82 Å². The largest absolute Gasteiger partial charge is 0.384 e. The second-order valence-electron chi connectivity index (χ2n) is 8.08. The lowest BCUT2D eigenvalue weighted by atomic mass is 9.58. The molecular weight excluding hydrogens is 328 g/mol. The number of hydrogen-bond acceptors (Lipinski definition) is 7. The van der Waals surface area contributed by atoms with Gasteiger partial charge in [-0.3, -0.25) is 10.1 Å². The van der Waals surface area contributed by atoms with Crippen LogP contribution in [0.2, 0.25) is 0 Å². The van der Waals surface area contributed by atoms with E-state index in [1.165, 1.54) is 44.3 Å². The third-order valence-corrected chi connectivity index (χ3v) is 6.12. The Morgan fingerprint density at radius 2 is 2.08 bits per heavy atom. The first kappa shape index (κ1) is 15.9. The number of nitrogens with one attached hydrogen (secondary N) is 4. The lowest BCUT2D eigenvalue weighted by Gasteiger charge is -2.50. The number of piperidine rings is 1. The number of hydrazine groups is 2. The van der Waals surface area contributed by atoms with Crippen molar-refractivity contribution >= 4 is 17.3 Å². The van der Waals surface area contributed by atoms with Crippen LogP contribution in [0.1, 0.15) is 36.8 Å². The van der Waals surface area contributed by atoms with E-state index in [-0.39, 0.29) is 0 Å². The number of nitrogens with zero attached hydrogens (tertiary/aromatic N) is 3. The molecule has 0 amide bonds. The molecule has 2 aliphatic heterocycles. The predicted octanol–water partition coefficient (Wildman–Crippen LogP) is 1.49. The molecule has 1 saturated carbocycles. The van der Waals surface area contributed by atoms with Crippen molar-refractivity contribution in [3.05, 3.63) is 29.6 Å². The highest BCUT2D eigenvalue weighted by molar-refractivity contribution is 5.74. The Bertz CT molecular complexity index is 800. The van der Waals surface area contributed by atoms with Gasteiger partial charge in [-0.25, -0.2) is 4.98 Å². The Hall–Kier alpha value is -2.32. The van der Waals surface area contributed by atoms with Crippen LogP contribution in [-0.4, -0.2) is 27.9 Å². The second-order valence-corrected chi connectivity index (χ2v) is 8.08. The molecule has 1 saturated heterocycles. The minimum absolute atomic E-state index is 0.519. The van der Waals surface area contributed by atoms with Gasteiger partial charge in [0, 0.05) is 19.2 Å². The minimum Gasteiger partial charge on any atom is -0.384 e. The molecule has 0 aromatic carbocycles. The summed E-state index contributed by atoms with van der Waals surface area (Å²) in [5, 5.41) is 8.07. The van der Waals surface area contributed by atoms with E-state index in [4.69, 9.17) is 5.73 Å². The van der Waals surface area contributed by atoms with Gasteiger partial charge in [0.25, 0.3) is 0 Å². The summed E-state index contributed by atoms with van der Waals surface area (Å²) in [6.07, 6.45) is 10.3. The van der Waals surface area contributed by atoms with Crippen LogP contribution in [0.5, 0.6) is 0 Å². The highest BCUT2D eigenvalue weighted by atomic mass is 15.6. The van der Waals surface area contributed by atoms with Gasteiger partial charge in [-0.2, -0.15) is 5.10 Å². The fraction of sp³-hybridized carbons (Fsp3) is 0.556. The predicted molar refractivity (Wildman–Crippen MR) is 101 cm³/mol. The van der Waals surface area contributed by atoms with Crippen LogP contribution < -0.4 is 27.4 Å². The molecule has 1 spiro atoms. The zero-order chi connectivity index (χ0) is 17.6. The summed E-state index contributed by atoms with van der Waals surface area (Å²) < 4.78 is 2.11. The fourth-order valence-electron chi connectivity index (χ4n) is 4.88. The maximum absolute atomic E-state index is 5.92. The number of hydrogen-bond donors (Lipinski definition) is 5. The molecule has 2 aromatic rings. The summed E-state index contributed by atoms with van der Waals surface area (Å²) in [6.45, 7) is 3.42. The molecule has 0 bridgehead atoms. The smallest absolute Gasteiger partial charge is 0.169 e. The molecule has 2 aromatic heterocycles. The van der Waals surface area contributed by atoms with Crippen LogP contribution >= 0.6 is 0 Å². The van der Waals surface area contributed by atoms with Gasteiger partial charge >= 0.3 is 0 Å². The van der Waals surface area contributed by atoms with Crippen molar-refractivity contribution < 1.29 is 0 Å². The topological polar surface area (TPSA) is 105 Å². The molecule has 5 rings (SSSR count). The molecular formula is C18H26N8. The van der Waals surface area contributed by atoms with Crippen molar-refractivity contribution in [1.29, 1.82) is 0 Å². The van der Waals surface area contributed by atoms with Gasteiger partial charge in [0.1, 0.15) is 5.82 Å². The average Bonchev–Trinajstić information content (AvgIpc) is 3.24. The van der Waals surface area contributed by atoms with Crippen LogP contribution in [0.25, 0.3) is 0 Å². The van der Waals surface area contributed by atoms with Crippen LogP contribution in [0, 0.1) is 11.3 Å². The molecule has 0 radical (unpaired) electrons. The number of anilines is 3. The van der Waals surface area contributed by atoms with Gasteiger partial charge < -0.3 is 16.5 Å². The third kappa shape index (κ3) is 2.89. The first-order valence-electron chi connectivity index (χ1n) is 9.48. The van der Waals surface area contributed by atoms with Crippen molar-refractivity contribution in [2.45, 2.75) is 38.6 Å². The Balaban J connectivity index is 1.23. The Kier molecular flexibility index (Phi) is 3.75. The highest BCUT2D eigenvalue weighted by Gasteiger charge is 2.44. The Morgan fingerprint density at radius 3 is 2.92 bits per heavy atom. The monoisotopic (exact) mass is 354 g/mol. The van der Waals surface area contributed by atoms with Crippen molar-refractivity contribution in [1.82, 2.24) is 25.6 Å². The lowest BCUT2D eigenvalue weighted by Crippen LogP contribution is -2.46. The van der Waals surface area contributed by atoms with E-state index >= 15 is 0 Å². The van der Waals surface area contributed by atoms with Crippen LogP contribution in [0.3, 0.4) is 0 Å². The summed E-state index contributed by atoms with van der Waals surface area (Å²) in [4.78, 5) is 4.28. The number of pyridine rings is 1.